The Kier molecular flexibility index (Phi) is 14.2. The molecule has 0 amide bonds. The maximum absolute atomic E-state index is 10.7. The van der Waals surface area contributed by atoms with Crippen LogP contribution < -0.4 is 4.57 Å². The van der Waals surface area contributed by atoms with Gasteiger partial charge in [0.2, 0.25) is 0 Å². The van der Waals surface area contributed by atoms with Crippen molar-refractivity contribution in [2.24, 2.45) is 0 Å². The maximum atomic E-state index is 10.7. The Balaban J connectivity index is 0. The second kappa shape index (κ2) is 13.4. The number of carboxylic acids is 1. The number of aryl methyl sites for hydroxylation is 2. The van der Waals surface area contributed by atoms with E-state index < -0.39 is 5.97 Å². The molecule has 0 aliphatic rings. The van der Waals surface area contributed by atoms with Crippen LogP contribution >= 0.6 is 12.0 Å². The van der Waals surface area contributed by atoms with Crippen molar-refractivity contribution < 1.29 is 19.0 Å². The summed E-state index contributed by atoms with van der Waals surface area (Å²) >= 11 is 0.808. The third-order valence-electron chi connectivity index (χ3n) is 2.13. The number of rotatable bonds is 5. The first-order valence-electron chi connectivity index (χ1n) is 6.65. The second-order valence-corrected chi connectivity index (χ2v) is 3.91. The van der Waals surface area contributed by atoms with Gasteiger partial charge in [0, 0.05) is 25.2 Å². The topological polar surface area (TPSA) is 61.4 Å². The van der Waals surface area contributed by atoms with Crippen LogP contribution in [0.4, 0.5) is 0 Å². The van der Waals surface area contributed by atoms with Gasteiger partial charge in [-0.05, 0) is 18.1 Å². The van der Waals surface area contributed by atoms with Gasteiger partial charge >= 0.3 is 5.97 Å². The summed E-state index contributed by atoms with van der Waals surface area (Å²) in [4.78, 5) is 10.7. The van der Waals surface area contributed by atoms with E-state index in [2.05, 4.69) is 0 Å². The van der Waals surface area contributed by atoms with Crippen molar-refractivity contribution in [3.05, 3.63) is 29.6 Å². The summed E-state index contributed by atoms with van der Waals surface area (Å²) < 4.78 is 10.5. The van der Waals surface area contributed by atoms with Gasteiger partial charge in [0.05, 0.1) is 0 Å². The molecule has 0 saturated carbocycles. The molecule has 1 heterocycles. The Morgan fingerprint density at radius 3 is 2.32 bits per heavy atom. The van der Waals surface area contributed by atoms with Gasteiger partial charge in [0.15, 0.2) is 11.9 Å². The van der Waals surface area contributed by atoms with Crippen molar-refractivity contribution in [3.8, 4) is 0 Å². The predicted octanol–water partition coefficient (Wildman–Crippen LogP) is 3.63. The highest BCUT2D eigenvalue weighted by atomic mass is 32.2. The Hall–Kier alpha value is -1.07. The maximum Gasteiger partial charge on any atom is 0.341 e. The van der Waals surface area contributed by atoms with Crippen LogP contribution in [-0.2, 0) is 6.54 Å². The zero-order valence-electron chi connectivity index (χ0n) is 12.5. The van der Waals surface area contributed by atoms with Gasteiger partial charge in [0.1, 0.15) is 12.1 Å². The molecule has 0 spiro atoms. The quantitative estimate of drug-likeness (QED) is 0.493. The monoisotopic (exact) mass is 288 g/mol. The Morgan fingerprint density at radius 2 is 1.84 bits per heavy atom. The van der Waals surface area contributed by atoms with Crippen molar-refractivity contribution in [2.75, 3.05) is 5.75 Å². The van der Waals surface area contributed by atoms with E-state index in [9.17, 15) is 4.79 Å². The lowest BCUT2D eigenvalue weighted by molar-refractivity contribution is -0.702. The molecule has 2 N–H and O–H groups in total. The molecule has 0 unspecified atom stereocenters. The fourth-order valence-corrected chi connectivity index (χ4v) is 1.54. The molecule has 1 rings (SSSR count). The van der Waals surface area contributed by atoms with E-state index in [0.29, 0.717) is 5.75 Å². The normalized spacial score (nSPS) is 8.74. The summed E-state index contributed by atoms with van der Waals surface area (Å²) in [6.07, 6.45) is 2.44. The van der Waals surface area contributed by atoms with Gasteiger partial charge in [-0.1, -0.05) is 27.7 Å². The number of hydrogen-bond donors (Lipinski definition) is 2. The van der Waals surface area contributed by atoms with E-state index in [4.69, 9.17) is 9.66 Å². The first-order chi connectivity index (χ1) is 9.15. The van der Waals surface area contributed by atoms with E-state index in [0.717, 1.165) is 30.7 Å². The number of aromatic carboxylic acids is 1. The highest BCUT2D eigenvalue weighted by molar-refractivity contribution is 7.93. The van der Waals surface area contributed by atoms with Crippen molar-refractivity contribution in [2.45, 2.75) is 47.6 Å². The van der Waals surface area contributed by atoms with Gasteiger partial charge in [-0.25, -0.2) is 9.36 Å². The van der Waals surface area contributed by atoms with E-state index in [-0.39, 0.29) is 5.56 Å². The molecule has 0 atom stereocenters. The molecular weight excluding hydrogens is 262 g/mol. The Bertz CT molecular complexity index is 357. The molecule has 0 aliphatic carbocycles. The van der Waals surface area contributed by atoms with Crippen LogP contribution in [0.15, 0.2) is 18.3 Å². The average molecular weight is 288 g/mol. The fraction of sp³-hybridized carbons (Fsp3) is 0.571. The van der Waals surface area contributed by atoms with Gasteiger partial charge in [-0.3, -0.25) is 0 Å². The van der Waals surface area contributed by atoms with Gasteiger partial charge < -0.3 is 9.66 Å². The minimum absolute atomic E-state index is 0.289. The van der Waals surface area contributed by atoms with Gasteiger partial charge in [-0.15, -0.1) is 0 Å². The third kappa shape index (κ3) is 8.61. The number of pyridine rings is 1. The molecule has 0 aliphatic heterocycles. The van der Waals surface area contributed by atoms with Crippen LogP contribution in [-0.4, -0.2) is 21.4 Å². The summed E-state index contributed by atoms with van der Waals surface area (Å²) in [5, 5.41) is 8.81. The summed E-state index contributed by atoms with van der Waals surface area (Å²) in [7, 11) is 0. The third-order valence-corrected chi connectivity index (χ3v) is 2.60. The van der Waals surface area contributed by atoms with E-state index >= 15 is 0 Å². The van der Waals surface area contributed by atoms with Crippen molar-refractivity contribution in [1.29, 1.82) is 0 Å². The van der Waals surface area contributed by atoms with Crippen LogP contribution in [0.5, 0.6) is 0 Å². The first kappa shape index (κ1) is 20.3. The molecule has 0 saturated heterocycles. The summed E-state index contributed by atoms with van der Waals surface area (Å²) in [6.45, 7) is 10.7. The zero-order valence-corrected chi connectivity index (χ0v) is 13.3. The Morgan fingerprint density at radius 1 is 1.26 bits per heavy atom. The van der Waals surface area contributed by atoms with Crippen LogP contribution in [0.2, 0.25) is 0 Å². The van der Waals surface area contributed by atoms with Crippen molar-refractivity contribution in [3.63, 3.8) is 0 Å². The highest BCUT2D eigenvalue weighted by Crippen LogP contribution is 2.00. The number of carbonyl (C=O) groups is 1. The molecule has 4 nitrogen and oxygen atoms in total. The molecule has 110 valence electrons. The van der Waals surface area contributed by atoms with Crippen LogP contribution in [0, 0.1) is 6.92 Å². The first-order valence-corrected chi connectivity index (χ1v) is 7.59. The van der Waals surface area contributed by atoms with E-state index in [1.807, 2.05) is 39.2 Å². The lowest BCUT2D eigenvalue weighted by atomic mass is 10.2. The zero-order chi connectivity index (χ0) is 15.3. The fourth-order valence-electron chi connectivity index (χ4n) is 1.29. The van der Waals surface area contributed by atoms with E-state index in [1.54, 1.807) is 18.3 Å². The molecule has 0 radical (unpaired) electrons. The lowest BCUT2D eigenvalue weighted by Crippen LogP contribution is -2.38. The smallest absolute Gasteiger partial charge is 0.341 e. The molecule has 0 fully saturated rings. The number of carboxylic acid groups (broad SMARTS) is 1. The lowest BCUT2D eigenvalue weighted by Gasteiger charge is -2.00. The number of nitrogens with zero attached hydrogens (tertiary/aromatic N) is 1. The molecule has 19 heavy (non-hydrogen) atoms. The second-order valence-electron chi connectivity index (χ2n) is 3.24. The molecule has 5 heteroatoms. The number of hydrogen-bond acceptors (Lipinski definition) is 3. The van der Waals surface area contributed by atoms with Gasteiger partial charge in [-0.2, -0.15) is 0 Å². The average Bonchev–Trinajstić information content (AvgIpc) is 2.45. The molecule has 0 bridgehead atoms. The van der Waals surface area contributed by atoms with Gasteiger partial charge in [0.25, 0.3) is 0 Å². The standard InChI is InChI=1S/C10H13NO3S.2C2H6/c1-8-3-4-9(10(12)13)7-11(8)5-2-6-15-14;2*1-2/h3-4,7H,2,5-6H2,1H3,(H-,12,13,14);2*1-2H3/p+1. The number of aromatic nitrogens is 1. The Labute approximate surface area is 120 Å². The minimum atomic E-state index is -0.916. The highest BCUT2D eigenvalue weighted by Gasteiger charge is 2.11. The van der Waals surface area contributed by atoms with E-state index in [1.165, 1.54) is 0 Å². The van der Waals surface area contributed by atoms with Crippen molar-refractivity contribution in [1.82, 2.24) is 0 Å². The summed E-state index contributed by atoms with van der Waals surface area (Å²) in [6, 6.07) is 3.38. The largest absolute Gasteiger partial charge is 0.477 e. The SMILES string of the molecule is CC.CC.Cc1ccc(C(=O)O)c[n+]1CCCSO. The van der Waals surface area contributed by atoms with Crippen LogP contribution in [0.3, 0.4) is 0 Å². The molecule has 1 aromatic rings. The van der Waals surface area contributed by atoms with Crippen molar-refractivity contribution >= 4 is 18.0 Å². The molecule has 1 aromatic heterocycles. The summed E-state index contributed by atoms with van der Waals surface area (Å²) in [5.74, 6) is -0.260. The minimum Gasteiger partial charge on any atom is -0.477 e. The summed E-state index contributed by atoms with van der Waals surface area (Å²) in [5.41, 5.74) is 1.31. The molecular formula is C14H26NO3S+. The van der Waals surface area contributed by atoms with Crippen LogP contribution in [0.1, 0.15) is 50.2 Å². The molecule has 0 aromatic carbocycles. The predicted molar refractivity (Wildman–Crippen MR) is 80.7 cm³/mol. The van der Waals surface area contributed by atoms with Crippen LogP contribution in [0.25, 0.3) is 0 Å².